The van der Waals surface area contributed by atoms with Crippen LogP contribution in [0.1, 0.15) is 30.9 Å². The van der Waals surface area contributed by atoms with Crippen LogP contribution in [0.25, 0.3) is 11.0 Å². The van der Waals surface area contributed by atoms with Gasteiger partial charge in [0.25, 0.3) is 0 Å². The maximum absolute atomic E-state index is 13.5. The second-order valence-corrected chi connectivity index (χ2v) is 8.42. The number of nitrogens with one attached hydrogen (secondary N) is 2. The van der Waals surface area contributed by atoms with E-state index in [-0.39, 0.29) is 11.8 Å². The third-order valence-electron chi connectivity index (χ3n) is 6.18. The monoisotopic (exact) mass is 425 g/mol. The van der Waals surface area contributed by atoms with Gasteiger partial charge in [0.15, 0.2) is 5.78 Å². The molecule has 0 spiro atoms. The Morgan fingerprint density at radius 3 is 2.66 bits per heavy atom. The van der Waals surface area contributed by atoms with Crippen LogP contribution >= 0.6 is 0 Å². The molecule has 1 fully saturated rings. The third-order valence-corrected chi connectivity index (χ3v) is 6.18. The molecule has 2 aromatic carbocycles. The molecule has 6 heteroatoms. The van der Waals surface area contributed by atoms with E-state index in [1.165, 1.54) is 0 Å². The van der Waals surface area contributed by atoms with Gasteiger partial charge in [0, 0.05) is 31.4 Å². The van der Waals surface area contributed by atoms with Crippen LogP contribution in [0.5, 0.6) is 0 Å². The first-order valence-corrected chi connectivity index (χ1v) is 11.2. The van der Waals surface area contributed by atoms with Gasteiger partial charge >= 0.3 is 0 Å². The number of hydrogen-bond acceptors (Lipinski definition) is 5. The van der Waals surface area contributed by atoms with E-state index in [1.54, 1.807) is 6.33 Å². The molecular formula is C26H27N5O. The summed E-state index contributed by atoms with van der Waals surface area (Å²) in [4.78, 5) is 27.8. The number of hydrogen-bond donors (Lipinski definition) is 2. The Morgan fingerprint density at radius 2 is 1.84 bits per heavy atom. The molecule has 0 aliphatic carbocycles. The summed E-state index contributed by atoms with van der Waals surface area (Å²) >= 11 is 0. The van der Waals surface area contributed by atoms with Crippen molar-refractivity contribution in [2.24, 2.45) is 5.92 Å². The fraction of sp³-hybridized carbons (Fsp3) is 0.269. The van der Waals surface area contributed by atoms with Crippen molar-refractivity contribution in [3.8, 4) is 0 Å². The van der Waals surface area contributed by atoms with Crippen LogP contribution in [0.2, 0.25) is 0 Å². The first-order valence-electron chi connectivity index (χ1n) is 11.2. The molecule has 32 heavy (non-hydrogen) atoms. The largest absolute Gasteiger partial charge is 0.372 e. The van der Waals surface area contributed by atoms with Crippen molar-refractivity contribution in [3.63, 3.8) is 0 Å². The Morgan fingerprint density at radius 1 is 1.06 bits per heavy atom. The van der Waals surface area contributed by atoms with Crippen molar-refractivity contribution < 1.29 is 4.79 Å². The molecule has 4 aromatic rings. The number of nitrogens with zero attached hydrogens (tertiary/aromatic N) is 3. The summed E-state index contributed by atoms with van der Waals surface area (Å²) in [5, 5.41) is 4.49. The summed E-state index contributed by atoms with van der Waals surface area (Å²) in [5.74, 6) is 1.47. The Balaban J connectivity index is 1.33. The average molecular weight is 426 g/mol. The van der Waals surface area contributed by atoms with Crippen LogP contribution in [-0.4, -0.2) is 33.8 Å². The standard InChI is InChI=1S/C26H27N5O/c32-23(24(20-9-3-1-4-10-20)30-21-11-5-2-6-12-21)16-19-8-7-15-31(17-19)26-22-13-14-27-25(22)28-18-29-26/h1-6,9-14,18-19,24,30H,7-8,15-17H2,(H,27,28,29)/t19-,24+/m0/s1. The van der Waals surface area contributed by atoms with Crippen molar-refractivity contribution >= 4 is 28.3 Å². The highest BCUT2D eigenvalue weighted by Crippen LogP contribution is 2.30. The van der Waals surface area contributed by atoms with Gasteiger partial charge in [-0.2, -0.15) is 0 Å². The molecule has 0 radical (unpaired) electrons. The van der Waals surface area contributed by atoms with Gasteiger partial charge in [-0.15, -0.1) is 0 Å². The van der Waals surface area contributed by atoms with Gasteiger partial charge in [0.1, 0.15) is 23.8 Å². The minimum absolute atomic E-state index is 0.224. The van der Waals surface area contributed by atoms with Crippen LogP contribution in [0.15, 0.2) is 79.3 Å². The Hall–Kier alpha value is -3.67. The van der Waals surface area contributed by atoms with E-state index in [9.17, 15) is 4.79 Å². The van der Waals surface area contributed by atoms with E-state index in [0.29, 0.717) is 12.3 Å². The Labute approximate surface area is 187 Å². The van der Waals surface area contributed by atoms with Gasteiger partial charge in [-0.3, -0.25) is 4.79 Å². The summed E-state index contributed by atoms with van der Waals surface area (Å²) in [6.07, 6.45) is 6.15. The van der Waals surface area contributed by atoms with Crippen LogP contribution in [-0.2, 0) is 4.79 Å². The van der Waals surface area contributed by atoms with E-state index < -0.39 is 0 Å². The van der Waals surface area contributed by atoms with Crippen LogP contribution in [0.3, 0.4) is 0 Å². The highest BCUT2D eigenvalue weighted by Gasteiger charge is 2.28. The van der Waals surface area contributed by atoms with Gasteiger partial charge in [-0.25, -0.2) is 9.97 Å². The first-order chi connectivity index (χ1) is 15.8. The summed E-state index contributed by atoms with van der Waals surface area (Å²) < 4.78 is 0. The Kier molecular flexibility index (Phi) is 5.83. The number of carbonyl (C=O) groups is 1. The van der Waals surface area contributed by atoms with Gasteiger partial charge in [-0.1, -0.05) is 48.5 Å². The fourth-order valence-electron chi connectivity index (χ4n) is 4.63. The number of rotatable bonds is 7. The molecule has 162 valence electrons. The highest BCUT2D eigenvalue weighted by atomic mass is 16.1. The lowest BCUT2D eigenvalue weighted by Gasteiger charge is -2.34. The fourth-order valence-corrected chi connectivity index (χ4v) is 4.63. The van der Waals surface area contributed by atoms with Gasteiger partial charge in [-0.05, 0) is 42.5 Å². The minimum Gasteiger partial charge on any atom is -0.372 e. The zero-order valence-electron chi connectivity index (χ0n) is 17.9. The summed E-state index contributed by atoms with van der Waals surface area (Å²) in [5.41, 5.74) is 2.80. The zero-order valence-corrected chi connectivity index (χ0v) is 17.9. The maximum atomic E-state index is 13.5. The van der Waals surface area contributed by atoms with Crippen molar-refractivity contribution in [2.45, 2.75) is 25.3 Å². The molecule has 2 atom stereocenters. The van der Waals surface area contributed by atoms with Gasteiger partial charge in [0.2, 0.25) is 0 Å². The summed E-state index contributed by atoms with van der Waals surface area (Å²) in [6, 6.07) is 21.6. The van der Waals surface area contributed by atoms with Crippen LogP contribution in [0.4, 0.5) is 11.5 Å². The predicted molar refractivity (Wildman–Crippen MR) is 128 cm³/mol. The number of para-hydroxylation sites is 1. The number of aromatic nitrogens is 3. The topological polar surface area (TPSA) is 73.9 Å². The molecule has 0 bridgehead atoms. The smallest absolute Gasteiger partial charge is 0.159 e. The second kappa shape index (κ2) is 9.22. The van der Waals surface area contributed by atoms with Gasteiger partial charge < -0.3 is 15.2 Å². The molecule has 2 aromatic heterocycles. The van der Waals surface area contributed by atoms with Crippen LogP contribution < -0.4 is 10.2 Å². The molecule has 1 aliphatic rings. The lowest BCUT2D eigenvalue weighted by Crippen LogP contribution is -2.37. The summed E-state index contributed by atoms with van der Waals surface area (Å²) in [6.45, 7) is 1.78. The molecule has 0 saturated carbocycles. The average Bonchev–Trinajstić information content (AvgIpc) is 3.33. The molecule has 5 rings (SSSR count). The minimum atomic E-state index is -0.357. The second-order valence-electron chi connectivity index (χ2n) is 8.42. The van der Waals surface area contributed by atoms with E-state index in [2.05, 4.69) is 25.2 Å². The summed E-state index contributed by atoms with van der Waals surface area (Å²) in [7, 11) is 0. The molecule has 6 nitrogen and oxygen atoms in total. The first kappa shape index (κ1) is 20.2. The zero-order chi connectivity index (χ0) is 21.8. The van der Waals surface area contributed by atoms with E-state index in [0.717, 1.165) is 54.0 Å². The number of Topliss-reactive ketones (excluding diaryl/α,β-unsaturated/α-hetero) is 1. The maximum Gasteiger partial charge on any atom is 0.159 e. The van der Waals surface area contributed by atoms with Crippen molar-refractivity contribution in [1.29, 1.82) is 0 Å². The number of ketones is 1. The van der Waals surface area contributed by atoms with Gasteiger partial charge in [0.05, 0.1) is 5.39 Å². The molecule has 0 amide bonds. The lowest BCUT2D eigenvalue weighted by atomic mass is 9.89. The highest BCUT2D eigenvalue weighted by molar-refractivity contribution is 5.89. The third kappa shape index (κ3) is 4.35. The SMILES string of the molecule is O=C(C[C@@H]1CCCN(c2ncnc3[nH]ccc23)C1)[C@H](Nc1ccccc1)c1ccccc1. The van der Waals surface area contributed by atoms with E-state index in [4.69, 9.17) is 0 Å². The number of carbonyl (C=O) groups excluding carboxylic acids is 1. The molecule has 3 heterocycles. The number of benzene rings is 2. The molecular weight excluding hydrogens is 398 g/mol. The normalized spacial score (nSPS) is 17.2. The number of fused-ring (bicyclic) bond motifs is 1. The molecule has 1 saturated heterocycles. The molecule has 1 aliphatic heterocycles. The quantitative estimate of drug-likeness (QED) is 0.436. The van der Waals surface area contributed by atoms with E-state index in [1.807, 2.05) is 72.9 Å². The number of anilines is 2. The molecule has 2 N–H and O–H groups in total. The van der Waals surface area contributed by atoms with E-state index >= 15 is 0 Å². The number of aromatic amines is 1. The molecule has 0 unspecified atom stereocenters. The van der Waals surface area contributed by atoms with Crippen molar-refractivity contribution in [1.82, 2.24) is 15.0 Å². The number of H-pyrrole nitrogens is 1. The predicted octanol–water partition coefficient (Wildman–Crippen LogP) is 4.99. The van der Waals surface area contributed by atoms with Crippen molar-refractivity contribution in [3.05, 3.63) is 84.8 Å². The Bertz CT molecular complexity index is 1170. The number of piperidine rings is 1. The van der Waals surface area contributed by atoms with Crippen LogP contribution in [0, 0.1) is 5.92 Å². The van der Waals surface area contributed by atoms with Crippen molar-refractivity contribution in [2.75, 3.05) is 23.3 Å². The lowest BCUT2D eigenvalue weighted by molar-refractivity contribution is -0.120.